The molecule has 0 spiro atoms. The zero-order chi connectivity index (χ0) is 14.7. The number of benzene rings is 1. The van der Waals surface area contributed by atoms with Gasteiger partial charge >= 0.3 is 0 Å². The van der Waals surface area contributed by atoms with E-state index in [1.54, 1.807) is 11.8 Å². The van der Waals surface area contributed by atoms with Crippen molar-refractivity contribution in [2.75, 3.05) is 19.5 Å². The van der Waals surface area contributed by atoms with Gasteiger partial charge in [-0.1, -0.05) is 26.0 Å². The molecule has 0 bridgehead atoms. The van der Waals surface area contributed by atoms with Crippen LogP contribution in [0.3, 0.4) is 0 Å². The molecule has 1 unspecified atom stereocenters. The first kappa shape index (κ1) is 14.5. The zero-order valence-electron chi connectivity index (χ0n) is 12.4. The molecule has 0 amide bonds. The quantitative estimate of drug-likeness (QED) is 0.845. The van der Waals surface area contributed by atoms with E-state index >= 15 is 0 Å². The summed E-state index contributed by atoms with van der Waals surface area (Å²) in [5, 5.41) is 12.1. The summed E-state index contributed by atoms with van der Waals surface area (Å²) in [6, 6.07) is 5.95. The second kappa shape index (κ2) is 6.00. The average molecular weight is 275 g/mol. The molecule has 6 nitrogen and oxygen atoms in total. The van der Waals surface area contributed by atoms with Crippen LogP contribution in [0.15, 0.2) is 18.2 Å². The van der Waals surface area contributed by atoms with Crippen LogP contribution < -0.4 is 5.73 Å². The van der Waals surface area contributed by atoms with Gasteiger partial charge in [0, 0.05) is 18.4 Å². The second-order valence-electron chi connectivity index (χ2n) is 5.25. The fraction of sp³-hybridized carbons (Fsp3) is 0.500. The van der Waals surface area contributed by atoms with E-state index in [2.05, 4.69) is 29.4 Å². The van der Waals surface area contributed by atoms with Crippen LogP contribution in [0, 0.1) is 12.8 Å². The number of para-hydroxylation sites is 1. The van der Waals surface area contributed by atoms with Crippen molar-refractivity contribution in [3.05, 3.63) is 23.8 Å². The molecule has 0 saturated carbocycles. The summed E-state index contributed by atoms with van der Waals surface area (Å²) >= 11 is 0. The lowest BCUT2D eigenvalue weighted by atomic mass is 10.0. The smallest absolute Gasteiger partial charge is 0.184 e. The largest absolute Gasteiger partial charge is 0.398 e. The van der Waals surface area contributed by atoms with Gasteiger partial charge in [0.15, 0.2) is 5.82 Å². The SMILES string of the molecule is COCC(C(C)C)n1nnnc1-c1cccc(C)c1N. The monoisotopic (exact) mass is 275 g/mol. The number of rotatable bonds is 5. The topological polar surface area (TPSA) is 78.8 Å². The Hall–Kier alpha value is -1.95. The summed E-state index contributed by atoms with van der Waals surface area (Å²) in [5.74, 6) is 1.03. The molecule has 0 aliphatic carbocycles. The fourth-order valence-corrected chi connectivity index (χ4v) is 2.19. The van der Waals surface area contributed by atoms with Gasteiger partial charge in [0.2, 0.25) is 0 Å². The van der Waals surface area contributed by atoms with Crippen LogP contribution >= 0.6 is 0 Å². The first-order valence-corrected chi connectivity index (χ1v) is 6.68. The molecule has 2 N–H and O–H groups in total. The Morgan fingerprint density at radius 3 is 2.75 bits per heavy atom. The van der Waals surface area contributed by atoms with Crippen molar-refractivity contribution in [1.29, 1.82) is 0 Å². The Morgan fingerprint density at radius 2 is 2.10 bits per heavy atom. The van der Waals surface area contributed by atoms with Crippen LogP contribution in [0.25, 0.3) is 11.4 Å². The third-order valence-electron chi connectivity index (χ3n) is 3.48. The maximum absolute atomic E-state index is 6.15. The Labute approximate surface area is 118 Å². The number of aryl methyl sites for hydroxylation is 1. The lowest BCUT2D eigenvalue weighted by Gasteiger charge is -2.21. The number of aromatic nitrogens is 4. The van der Waals surface area contributed by atoms with Crippen LogP contribution in [0.1, 0.15) is 25.5 Å². The fourth-order valence-electron chi connectivity index (χ4n) is 2.19. The molecule has 0 aliphatic rings. The van der Waals surface area contributed by atoms with Gasteiger partial charge in [-0.15, -0.1) is 5.10 Å². The average Bonchev–Trinajstić information content (AvgIpc) is 2.87. The minimum absolute atomic E-state index is 0.0740. The van der Waals surface area contributed by atoms with Crippen molar-refractivity contribution in [1.82, 2.24) is 20.2 Å². The van der Waals surface area contributed by atoms with Crippen LogP contribution in [-0.2, 0) is 4.74 Å². The van der Waals surface area contributed by atoms with E-state index in [0.717, 1.165) is 11.1 Å². The van der Waals surface area contributed by atoms with Crippen LogP contribution in [-0.4, -0.2) is 33.9 Å². The van der Waals surface area contributed by atoms with E-state index in [1.165, 1.54) is 0 Å². The number of hydrogen-bond donors (Lipinski definition) is 1. The summed E-state index contributed by atoms with van der Waals surface area (Å²) < 4.78 is 7.09. The van der Waals surface area contributed by atoms with Gasteiger partial charge in [0.25, 0.3) is 0 Å². The van der Waals surface area contributed by atoms with Gasteiger partial charge in [-0.2, -0.15) is 0 Å². The van der Waals surface area contributed by atoms with Crippen molar-refractivity contribution >= 4 is 5.69 Å². The number of hydrogen-bond acceptors (Lipinski definition) is 5. The number of anilines is 1. The normalized spacial score (nSPS) is 12.8. The lowest BCUT2D eigenvalue weighted by Crippen LogP contribution is -2.22. The Bertz CT molecular complexity index is 579. The second-order valence-corrected chi connectivity index (χ2v) is 5.25. The molecule has 2 aromatic rings. The van der Waals surface area contributed by atoms with Gasteiger partial charge in [0.05, 0.1) is 12.6 Å². The van der Waals surface area contributed by atoms with Gasteiger partial charge in [-0.3, -0.25) is 0 Å². The van der Waals surface area contributed by atoms with Crippen molar-refractivity contribution in [2.24, 2.45) is 5.92 Å². The van der Waals surface area contributed by atoms with E-state index in [1.807, 2.05) is 25.1 Å². The van der Waals surface area contributed by atoms with E-state index in [-0.39, 0.29) is 6.04 Å². The molecule has 1 aromatic carbocycles. The molecule has 0 saturated heterocycles. The van der Waals surface area contributed by atoms with E-state index in [9.17, 15) is 0 Å². The third kappa shape index (κ3) is 2.65. The number of nitrogens with two attached hydrogens (primary N) is 1. The highest BCUT2D eigenvalue weighted by Crippen LogP contribution is 2.29. The molecule has 0 radical (unpaired) electrons. The maximum Gasteiger partial charge on any atom is 0.184 e. The van der Waals surface area contributed by atoms with Gasteiger partial charge in [-0.25, -0.2) is 4.68 Å². The predicted molar refractivity (Wildman–Crippen MR) is 78.2 cm³/mol. The maximum atomic E-state index is 6.15. The van der Waals surface area contributed by atoms with Crippen molar-refractivity contribution in [3.63, 3.8) is 0 Å². The summed E-state index contributed by atoms with van der Waals surface area (Å²) in [7, 11) is 1.68. The third-order valence-corrected chi connectivity index (χ3v) is 3.48. The molecule has 2 rings (SSSR count). The molecular formula is C14H21N5O. The number of methoxy groups -OCH3 is 1. The molecule has 1 atom stereocenters. The number of tetrazole rings is 1. The molecule has 1 heterocycles. The lowest BCUT2D eigenvalue weighted by molar-refractivity contribution is 0.126. The van der Waals surface area contributed by atoms with Crippen molar-refractivity contribution < 1.29 is 4.74 Å². The van der Waals surface area contributed by atoms with Gasteiger partial charge in [-0.05, 0) is 34.9 Å². The molecule has 1 aromatic heterocycles. The molecule has 0 aliphatic heterocycles. The Morgan fingerprint density at radius 1 is 1.35 bits per heavy atom. The number of nitrogen functional groups attached to an aromatic ring is 1. The van der Waals surface area contributed by atoms with E-state index < -0.39 is 0 Å². The minimum atomic E-state index is 0.0740. The summed E-state index contributed by atoms with van der Waals surface area (Å²) in [5.41, 5.74) is 8.74. The predicted octanol–water partition coefficient (Wildman–Crippen LogP) is 2.07. The van der Waals surface area contributed by atoms with E-state index in [4.69, 9.17) is 10.5 Å². The van der Waals surface area contributed by atoms with Crippen molar-refractivity contribution in [3.8, 4) is 11.4 Å². The molecule has 0 fully saturated rings. The summed E-state index contributed by atoms with van der Waals surface area (Å²) in [6.07, 6.45) is 0. The number of nitrogens with zero attached hydrogens (tertiary/aromatic N) is 4. The van der Waals surface area contributed by atoms with Crippen LogP contribution in [0.5, 0.6) is 0 Å². The highest BCUT2D eigenvalue weighted by atomic mass is 16.5. The number of ether oxygens (including phenoxy) is 1. The summed E-state index contributed by atoms with van der Waals surface area (Å²) in [6.45, 7) is 6.77. The highest BCUT2D eigenvalue weighted by molar-refractivity contribution is 5.74. The van der Waals surface area contributed by atoms with Crippen molar-refractivity contribution in [2.45, 2.75) is 26.8 Å². The Kier molecular flexibility index (Phi) is 4.34. The van der Waals surface area contributed by atoms with Gasteiger partial charge < -0.3 is 10.5 Å². The first-order chi connectivity index (χ1) is 9.56. The molecule has 6 heteroatoms. The zero-order valence-corrected chi connectivity index (χ0v) is 12.4. The standard InChI is InChI=1S/C14H21N5O/c1-9(2)12(8-20-4)19-14(16-17-18-19)11-7-5-6-10(3)13(11)15/h5-7,9,12H,8,15H2,1-4H3. The Balaban J connectivity index is 2.49. The molecule has 20 heavy (non-hydrogen) atoms. The van der Waals surface area contributed by atoms with Crippen LogP contribution in [0.4, 0.5) is 5.69 Å². The van der Waals surface area contributed by atoms with Gasteiger partial charge in [0.1, 0.15) is 0 Å². The van der Waals surface area contributed by atoms with Crippen LogP contribution in [0.2, 0.25) is 0 Å². The van der Waals surface area contributed by atoms with E-state index in [0.29, 0.717) is 24.0 Å². The molecular weight excluding hydrogens is 254 g/mol. The first-order valence-electron chi connectivity index (χ1n) is 6.68. The molecule has 108 valence electrons. The minimum Gasteiger partial charge on any atom is -0.398 e. The highest BCUT2D eigenvalue weighted by Gasteiger charge is 2.22. The summed E-state index contributed by atoms with van der Waals surface area (Å²) in [4.78, 5) is 0.